The number of carbonyl (C=O) groups is 3. The van der Waals surface area contributed by atoms with E-state index in [2.05, 4.69) is 6.58 Å². The number of carbonyl (C=O) groups excluding carboxylic acids is 3. The number of benzene rings is 1. The summed E-state index contributed by atoms with van der Waals surface area (Å²) in [5, 5.41) is 0. The quantitative estimate of drug-likeness (QED) is 0.337. The largest absolute Gasteiger partial charge is 0.461 e. The van der Waals surface area contributed by atoms with Crippen molar-refractivity contribution in [3.63, 3.8) is 0 Å². The van der Waals surface area contributed by atoms with E-state index in [1.54, 1.807) is 43.5 Å². The Hall–Kier alpha value is -3.15. The van der Waals surface area contributed by atoms with Crippen LogP contribution in [-0.2, 0) is 11.3 Å². The first-order valence-electron chi connectivity index (χ1n) is 10.6. The van der Waals surface area contributed by atoms with Crippen molar-refractivity contribution in [2.24, 2.45) is 0 Å². The maximum absolute atomic E-state index is 13.6. The lowest BCUT2D eigenvalue weighted by molar-refractivity contribution is 0.0512. The summed E-state index contributed by atoms with van der Waals surface area (Å²) in [6.07, 6.45) is 1.61. The minimum Gasteiger partial charge on any atom is -0.461 e. The molecular weight excluding hydrogens is 392 g/mol. The number of rotatable bonds is 9. The maximum Gasteiger partial charge on any atom is 0.355 e. The summed E-state index contributed by atoms with van der Waals surface area (Å²) in [7, 11) is 0. The van der Waals surface area contributed by atoms with Gasteiger partial charge < -0.3 is 14.2 Å². The molecule has 166 valence electrons. The summed E-state index contributed by atoms with van der Waals surface area (Å²) in [5.41, 5.74) is 3.69. The third-order valence-corrected chi connectivity index (χ3v) is 5.53. The second-order valence-corrected chi connectivity index (χ2v) is 7.55. The molecule has 0 saturated heterocycles. The molecule has 0 N–H and O–H groups in total. The van der Waals surface area contributed by atoms with E-state index in [1.165, 1.54) is 4.90 Å². The van der Waals surface area contributed by atoms with Crippen LogP contribution in [0.4, 0.5) is 0 Å². The Labute approximate surface area is 184 Å². The van der Waals surface area contributed by atoms with Crippen LogP contribution in [0.25, 0.3) is 0 Å². The summed E-state index contributed by atoms with van der Waals surface area (Å²) in [6, 6.07) is 6.52. The lowest BCUT2D eigenvalue weighted by Crippen LogP contribution is -2.43. The van der Waals surface area contributed by atoms with Gasteiger partial charge in [-0.1, -0.05) is 23.8 Å². The Bertz CT molecular complexity index is 986. The highest BCUT2D eigenvalue weighted by Gasteiger charge is 2.32. The van der Waals surface area contributed by atoms with Crippen molar-refractivity contribution in [1.82, 2.24) is 9.47 Å². The number of aromatic nitrogens is 1. The molecule has 6 heteroatoms. The van der Waals surface area contributed by atoms with E-state index in [1.807, 2.05) is 32.9 Å². The van der Waals surface area contributed by atoms with Crippen LogP contribution in [0.1, 0.15) is 68.8 Å². The molecular formula is C25H32N2O4. The Morgan fingerprint density at radius 2 is 1.74 bits per heavy atom. The van der Waals surface area contributed by atoms with E-state index in [9.17, 15) is 14.4 Å². The number of hydrogen-bond acceptors (Lipinski definition) is 4. The first-order valence-corrected chi connectivity index (χ1v) is 10.6. The van der Waals surface area contributed by atoms with E-state index in [-0.39, 0.29) is 24.8 Å². The van der Waals surface area contributed by atoms with Crippen LogP contribution in [0.5, 0.6) is 0 Å². The SMILES string of the molecule is C=CCN(C(=O)c1ccc(C)cc1)C(C)C(=O)c1c(C)c(C(=O)OCC)n(CC)c1C. The number of Topliss-reactive ketones (excluding diaryl/α,β-unsaturated/α-hetero) is 1. The molecule has 1 aromatic heterocycles. The topological polar surface area (TPSA) is 68.6 Å². The number of ketones is 1. The Morgan fingerprint density at radius 3 is 2.26 bits per heavy atom. The summed E-state index contributed by atoms with van der Waals surface area (Å²) in [4.78, 5) is 40.8. The summed E-state index contributed by atoms with van der Waals surface area (Å²) < 4.78 is 7.00. The zero-order valence-corrected chi connectivity index (χ0v) is 19.3. The van der Waals surface area contributed by atoms with Crippen molar-refractivity contribution >= 4 is 17.7 Å². The van der Waals surface area contributed by atoms with Crippen LogP contribution < -0.4 is 0 Å². The fraction of sp³-hybridized carbons (Fsp3) is 0.400. The fourth-order valence-electron chi connectivity index (χ4n) is 3.88. The van der Waals surface area contributed by atoms with Crippen molar-refractivity contribution in [3.05, 3.63) is 70.6 Å². The molecule has 0 aliphatic rings. The highest BCUT2D eigenvalue weighted by atomic mass is 16.5. The monoisotopic (exact) mass is 424 g/mol. The second-order valence-electron chi connectivity index (χ2n) is 7.55. The maximum atomic E-state index is 13.6. The van der Waals surface area contributed by atoms with Gasteiger partial charge >= 0.3 is 5.97 Å². The zero-order chi connectivity index (χ0) is 23.3. The molecule has 0 aliphatic heterocycles. The lowest BCUT2D eigenvalue weighted by Gasteiger charge is -2.27. The van der Waals surface area contributed by atoms with E-state index in [0.717, 1.165) is 5.56 Å². The molecule has 0 fully saturated rings. The molecule has 2 rings (SSSR count). The Kier molecular flexibility index (Phi) is 7.97. The molecule has 1 atom stereocenters. The highest BCUT2D eigenvalue weighted by Crippen LogP contribution is 2.26. The number of amides is 1. The first kappa shape index (κ1) is 24.1. The predicted octanol–water partition coefficient (Wildman–Crippen LogP) is 4.51. The lowest BCUT2D eigenvalue weighted by atomic mass is 9.99. The van der Waals surface area contributed by atoms with Crippen LogP contribution in [-0.4, -0.2) is 46.3 Å². The number of hydrogen-bond donors (Lipinski definition) is 0. The predicted molar refractivity (Wildman–Crippen MR) is 122 cm³/mol. The Morgan fingerprint density at radius 1 is 1.13 bits per heavy atom. The van der Waals surface area contributed by atoms with Crippen molar-refractivity contribution in [1.29, 1.82) is 0 Å². The van der Waals surface area contributed by atoms with Crippen molar-refractivity contribution in [3.8, 4) is 0 Å². The molecule has 0 radical (unpaired) electrons. The third kappa shape index (κ3) is 4.79. The molecule has 1 aromatic carbocycles. The van der Waals surface area contributed by atoms with Gasteiger partial charge in [-0.3, -0.25) is 9.59 Å². The molecule has 0 spiro atoms. The summed E-state index contributed by atoms with van der Waals surface area (Å²) >= 11 is 0. The van der Waals surface area contributed by atoms with E-state index in [0.29, 0.717) is 34.6 Å². The van der Waals surface area contributed by atoms with Crippen LogP contribution in [0.2, 0.25) is 0 Å². The van der Waals surface area contributed by atoms with E-state index in [4.69, 9.17) is 4.74 Å². The standard InChI is InChI=1S/C25H32N2O4/c1-8-15-27(24(29)20-13-11-16(4)12-14-20)19(7)23(28)21-17(5)22(25(30)31-10-3)26(9-2)18(21)6/h8,11-14,19H,1,9-10,15H2,2-7H3. The third-order valence-electron chi connectivity index (χ3n) is 5.53. The molecule has 0 saturated carbocycles. The highest BCUT2D eigenvalue weighted by molar-refractivity contribution is 6.07. The van der Waals surface area contributed by atoms with Crippen LogP contribution in [0, 0.1) is 20.8 Å². The van der Waals surface area contributed by atoms with Gasteiger partial charge in [0.25, 0.3) is 5.91 Å². The number of esters is 1. The molecule has 1 unspecified atom stereocenters. The van der Waals surface area contributed by atoms with Crippen molar-refractivity contribution in [2.45, 2.75) is 54.1 Å². The van der Waals surface area contributed by atoms with Gasteiger partial charge in [-0.25, -0.2) is 4.79 Å². The normalized spacial score (nSPS) is 11.7. The minimum absolute atomic E-state index is 0.213. The minimum atomic E-state index is -0.730. The van der Waals surface area contributed by atoms with Gasteiger partial charge in [0.1, 0.15) is 5.69 Å². The number of ether oxygens (including phenoxy) is 1. The average molecular weight is 425 g/mol. The van der Waals surface area contributed by atoms with E-state index < -0.39 is 12.0 Å². The molecule has 31 heavy (non-hydrogen) atoms. The van der Waals surface area contributed by atoms with Gasteiger partial charge in [0.15, 0.2) is 5.78 Å². The van der Waals surface area contributed by atoms with Gasteiger partial charge in [-0.2, -0.15) is 0 Å². The molecule has 0 aliphatic carbocycles. The molecule has 1 amide bonds. The molecule has 6 nitrogen and oxygen atoms in total. The Balaban J connectivity index is 2.48. The van der Waals surface area contributed by atoms with E-state index >= 15 is 0 Å². The second kappa shape index (κ2) is 10.2. The molecule has 0 bridgehead atoms. The number of aryl methyl sites for hydroxylation is 1. The van der Waals surface area contributed by atoms with Crippen molar-refractivity contribution < 1.29 is 19.1 Å². The molecule has 2 aromatic rings. The first-order chi connectivity index (χ1) is 14.7. The zero-order valence-electron chi connectivity index (χ0n) is 19.3. The van der Waals surface area contributed by atoms with Gasteiger partial charge in [0.2, 0.25) is 0 Å². The van der Waals surface area contributed by atoms with Crippen LogP contribution in [0.15, 0.2) is 36.9 Å². The van der Waals surface area contributed by atoms with Crippen LogP contribution in [0.3, 0.4) is 0 Å². The smallest absolute Gasteiger partial charge is 0.355 e. The van der Waals surface area contributed by atoms with Gasteiger partial charge in [-0.15, -0.1) is 6.58 Å². The summed E-state index contributed by atoms with van der Waals surface area (Å²) in [5.74, 6) is -0.901. The molecule has 1 heterocycles. The summed E-state index contributed by atoms with van der Waals surface area (Å²) in [6.45, 7) is 15.7. The van der Waals surface area contributed by atoms with Gasteiger partial charge in [0.05, 0.1) is 12.6 Å². The number of nitrogens with zero attached hydrogens (tertiary/aromatic N) is 2. The average Bonchev–Trinajstić information content (AvgIpc) is 3.00. The van der Waals surface area contributed by atoms with Crippen molar-refractivity contribution in [2.75, 3.05) is 13.2 Å². The van der Waals surface area contributed by atoms with Gasteiger partial charge in [-0.05, 0) is 59.2 Å². The fourth-order valence-corrected chi connectivity index (χ4v) is 3.88. The van der Waals surface area contributed by atoms with Gasteiger partial charge in [0, 0.05) is 29.9 Å². The van der Waals surface area contributed by atoms with Crippen LogP contribution >= 0.6 is 0 Å².